The zero-order valence-electron chi connectivity index (χ0n) is 18.1. The highest BCUT2D eigenvalue weighted by Gasteiger charge is 2.25. The molecule has 1 aliphatic carbocycles. The minimum atomic E-state index is -0.576. The number of aliphatic imine (C=N–C) groups is 1. The van der Waals surface area contributed by atoms with Crippen molar-refractivity contribution >= 4 is 36.0 Å². The maximum atomic E-state index is 13.7. The summed E-state index contributed by atoms with van der Waals surface area (Å²) < 4.78 is 32.0. The largest absolute Gasteiger partial charge is 0.444 e. The van der Waals surface area contributed by atoms with E-state index in [1.807, 2.05) is 20.8 Å². The molecule has 1 saturated carbocycles. The number of guanidine groups is 1. The third kappa shape index (κ3) is 9.44. The zero-order chi connectivity index (χ0) is 21.4. The smallest absolute Gasteiger partial charge is 0.407 e. The van der Waals surface area contributed by atoms with Crippen LogP contribution in [0.1, 0.15) is 52.0 Å². The van der Waals surface area contributed by atoms with E-state index in [-0.39, 0.29) is 42.2 Å². The quantitative estimate of drug-likeness (QED) is 0.300. The second kappa shape index (κ2) is 12.3. The summed E-state index contributed by atoms with van der Waals surface area (Å²) in [4.78, 5) is 16.1. The van der Waals surface area contributed by atoms with E-state index in [9.17, 15) is 13.6 Å². The van der Waals surface area contributed by atoms with Crippen molar-refractivity contribution in [3.05, 3.63) is 35.4 Å². The fourth-order valence-electron chi connectivity index (χ4n) is 3.28. The fourth-order valence-corrected chi connectivity index (χ4v) is 3.28. The number of hydrogen-bond acceptors (Lipinski definition) is 3. The Kier molecular flexibility index (Phi) is 10.8. The summed E-state index contributed by atoms with van der Waals surface area (Å²) in [5.41, 5.74) is -0.0410. The Morgan fingerprint density at radius 1 is 1.13 bits per heavy atom. The van der Waals surface area contributed by atoms with E-state index in [1.54, 1.807) is 7.05 Å². The van der Waals surface area contributed by atoms with Crippen molar-refractivity contribution in [2.24, 2.45) is 4.99 Å². The van der Waals surface area contributed by atoms with Crippen LogP contribution in [0.3, 0.4) is 0 Å². The average molecular weight is 538 g/mol. The Labute approximate surface area is 194 Å². The highest BCUT2D eigenvalue weighted by molar-refractivity contribution is 14.0. The van der Waals surface area contributed by atoms with E-state index >= 15 is 0 Å². The summed E-state index contributed by atoms with van der Waals surface area (Å²) in [5.74, 6) is -0.463. The first kappa shape index (κ1) is 26.4. The molecule has 30 heavy (non-hydrogen) atoms. The van der Waals surface area contributed by atoms with Crippen molar-refractivity contribution in [1.82, 2.24) is 16.0 Å². The van der Waals surface area contributed by atoms with Gasteiger partial charge in [0.1, 0.15) is 17.2 Å². The van der Waals surface area contributed by atoms with Gasteiger partial charge in [0, 0.05) is 31.7 Å². The van der Waals surface area contributed by atoms with Crippen molar-refractivity contribution in [2.45, 2.75) is 70.6 Å². The highest BCUT2D eigenvalue weighted by Crippen LogP contribution is 2.19. The van der Waals surface area contributed by atoms with Gasteiger partial charge in [0.25, 0.3) is 0 Å². The highest BCUT2D eigenvalue weighted by atomic mass is 127. The number of ether oxygens (including phenoxy) is 1. The lowest BCUT2D eigenvalue weighted by molar-refractivity contribution is 0.0490. The van der Waals surface area contributed by atoms with Crippen molar-refractivity contribution in [3.63, 3.8) is 0 Å². The number of hydrogen-bond donors (Lipinski definition) is 3. The summed E-state index contributed by atoms with van der Waals surface area (Å²) in [7, 11) is 1.68. The molecule has 0 saturated heterocycles. The van der Waals surface area contributed by atoms with Gasteiger partial charge >= 0.3 is 6.09 Å². The first-order chi connectivity index (χ1) is 13.7. The molecule has 0 aromatic heterocycles. The van der Waals surface area contributed by atoms with Crippen LogP contribution in [0.5, 0.6) is 0 Å². The third-order valence-electron chi connectivity index (χ3n) is 4.71. The lowest BCUT2D eigenvalue weighted by Crippen LogP contribution is -2.48. The minimum absolute atomic E-state index is 0. The van der Waals surface area contributed by atoms with Crippen molar-refractivity contribution < 1.29 is 18.3 Å². The Balaban J connectivity index is 0.00000450. The maximum absolute atomic E-state index is 13.7. The Morgan fingerprint density at radius 3 is 2.27 bits per heavy atom. The van der Waals surface area contributed by atoms with Gasteiger partial charge in [0.15, 0.2) is 5.96 Å². The van der Waals surface area contributed by atoms with Gasteiger partial charge in [0.2, 0.25) is 0 Å². The van der Waals surface area contributed by atoms with Crippen LogP contribution in [0.2, 0.25) is 0 Å². The van der Waals surface area contributed by atoms with Gasteiger partial charge in [-0.2, -0.15) is 0 Å². The van der Waals surface area contributed by atoms with Crippen LogP contribution < -0.4 is 16.0 Å². The molecule has 0 radical (unpaired) electrons. The van der Waals surface area contributed by atoms with E-state index in [1.165, 1.54) is 12.1 Å². The predicted octanol–water partition coefficient (Wildman–Crippen LogP) is 4.13. The molecule has 2 rings (SSSR count). The molecule has 170 valence electrons. The summed E-state index contributed by atoms with van der Waals surface area (Å²) >= 11 is 0. The normalized spacial score (nSPS) is 19.5. The van der Waals surface area contributed by atoms with Crippen LogP contribution in [-0.4, -0.2) is 43.3 Å². The zero-order valence-corrected chi connectivity index (χ0v) is 20.4. The second-order valence-corrected chi connectivity index (χ2v) is 8.32. The molecular weight excluding hydrogens is 505 g/mol. The topological polar surface area (TPSA) is 74.8 Å². The van der Waals surface area contributed by atoms with Gasteiger partial charge in [0.05, 0.1) is 0 Å². The van der Waals surface area contributed by atoms with Gasteiger partial charge in [-0.25, -0.2) is 13.6 Å². The van der Waals surface area contributed by atoms with Gasteiger partial charge in [-0.15, -0.1) is 24.0 Å². The standard InChI is InChI=1S/C21H32F2N4O2.HI/c1-21(2,3)29-20(28)27-17-9-7-16(8-10-17)26-19(24-4)25-12-11-14-5-6-15(22)13-18(14)23;/h5-6,13,16-17H,7-12H2,1-4H3,(H,27,28)(H2,24,25,26);1H. The molecule has 0 spiro atoms. The van der Waals surface area contributed by atoms with Gasteiger partial charge < -0.3 is 20.7 Å². The number of carbonyl (C=O) groups is 1. The number of benzene rings is 1. The monoisotopic (exact) mass is 538 g/mol. The summed E-state index contributed by atoms with van der Waals surface area (Å²) in [6.45, 7) is 6.02. The van der Waals surface area contributed by atoms with E-state index in [0.29, 0.717) is 24.5 Å². The molecule has 1 aromatic rings. The maximum Gasteiger partial charge on any atom is 0.407 e. The third-order valence-corrected chi connectivity index (χ3v) is 4.71. The van der Waals surface area contributed by atoms with Gasteiger partial charge in [-0.05, 0) is 64.5 Å². The number of halogens is 3. The fraction of sp³-hybridized carbons (Fsp3) is 0.619. The Hall–Kier alpha value is -1.65. The van der Waals surface area contributed by atoms with Crippen molar-refractivity contribution in [2.75, 3.05) is 13.6 Å². The van der Waals surface area contributed by atoms with Crippen molar-refractivity contribution in [1.29, 1.82) is 0 Å². The molecule has 0 heterocycles. The minimum Gasteiger partial charge on any atom is -0.444 e. The van der Waals surface area contributed by atoms with Crippen LogP contribution in [0.25, 0.3) is 0 Å². The van der Waals surface area contributed by atoms with E-state index < -0.39 is 17.2 Å². The number of nitrogens with zero attached hydrogens (tertiary/aromatic N) is 1. The molecule has 1 aromatic carbocycles. The lowest BCUT2D eigenvalue weighted by Gasteiger charge is -2.31. The molecule has 9 heteroatoms. The van der Waals surface area contributed by atoms with Crippen LogP contribution >= 0.6 is 24.0 Å². The number of rotatable bonds is 5. The van der Waals surface area contributed by atoms with Crippen LogP contribution in [0.15, 0.2) is 23.2 Å². The average Bonchev–Trinajstić information content (AvgIpc) is 2.62. The second-order valence-electron chi connectivity index (χ2n) is 8.32. The summed E-state index contributed by atoms with van der Waals surface area (Å²) in [5, 5.41) is 9.46. The van der Waals surface area contributed by atoms with Crippen molar-refractivity contribution in [3.8, 4) is 0 Å². The molecule has 6 nitrogen and oxygen atoms in total. The number of nitrogens with one attached hydrogen (secondary N) is 3. The first-order valence-corrected chi connectivity index (χ1v) is 10.1. The van der Waals surface area contributed by atoms with Crippen LogP contribution in [0.4, 0.5) is 13.6 Å². The summed E-state index contributed by atoms with van der Waals surface area (Å²) in [6, 6.07) is 3.97. The molecular formula is C21H33F2IN4O2. The summed E-state index contributed by atoms with van der Waals surface area (Å²) in [6.07, 6.45) is 3.56. The lowest BCUT2D eigenvalue weighted by atomic mass is 9.91. The van der Waals surface area contributed by atoms with Gasteiger partial charge in [-0.1, -0.05) is 6.07 Å². The molecule has 1 amide bonds. The molecule has 0 unspecified atom stereocenters. The van der Waals surface area contributed by atoms with Crippen LogP contribution in [-0.2, 0) is 11.2 Å². The van der Waals surface area contributed by atoms with Gasteiger partial charge in [-0.3, -0.25) is 4.99 Å². The first-order valence-electron chi connectivity index (χ1n) is 10.1. The Bertz CT molecular complexity index is 717. The molecule has 0 aliphatic heterocycles. The number of carbonyl (C=O) groups excluding carboxylic acids is 1. The number of amides is 1. The molecule has 0 bridgehead atoms. The molecule has 0 atom stereocenters. The van der Waals surface area contributed by atoms with Crippen LogP contribution in [0, 0.1) is 11.6 Å². The molecule has 3 N–H and O–H groups in total. The van der Waals surface area contributed by atoms with E-state index in [2.05, 4.69) is 20.9 Å². The predicted molar refractivity (Wildman–Crippen MR) is 125 cm³/mol. The SMILES string of the molecule is CN=C(NCCc1ccc(F)cc1F)NC1CCC(NC(=O)OC(C)(C)C)CC1.I. The Morgan fingerprint density at radius 2 is 1.73 bits per heavy atom. The molecule has 1 fully saturated rings. The molecule has 1 aliphatic rings. The van der Waals surface area contributed by atoms with E-state index in [4.69, 9.17) is 4.74 Å². The van der Waals surface area contributed by atoms with E-state index in [0.717, 1.165) is 31.7 Å². The number of alkyl carbamates (subject to hydrolysis) is 1.